The zero-order valence-electron chi connectivity index (χ0n) is 12.7. The number of benzene rings is 2. The molecule has 2 aromatic carbocycles. The Kier molecular flexibility index (Phi) is 7.00. The van der Waals surface area contributed by atoms with E-state index in [-0.39, 0.29) is 11.2 Å². The molecule has 0 fully saturated rings. The fourth-order valence-corrected chi connectivity index (χ4v) is 3.09. The first-order chi connectivity index (χ1) is 10.8. The fourth-order valence-electron chi connectivity index (χ4n) is 2.02. The summed E-state index contributed by atoms with van der Waals surface area (Å²) in [5, 5.41) is 2.69. The molecule has 1 N–H and O–H groups in total. The molecule has 0 aliphatic heterocycles. The smallest absolute Gasteiger partial charge is 0.238 e. The normalized spacial score (nSPS) is 11.9. The van der Waals surface area contributed by atoms with E-state index in [0.717, 1.165) is 10.5 Å². The Bertz CT molecular complexity index is 560. The number of nitrogens with one attached hydrogen (secondary N) is 1. The molecule has 4 heteroatoms. The van der Waals surface area contributed by atoms with E-state index < -0.39 is 0 Å². The van der Waals surface area contributed by atoms with Gasteiger partial charge in [-0.1, -0.05) is 48.5 Å². The van der Waals surface area contributed by atoms with Crippen molar-refractivity contribution in [3.8, 4) is 0 Å². The number of carbonyl (C=O) groups excluding carboxylic acids is 1. The molecule has 1 unspecified atom stereocenters. The molecular weight excluding hydrogens is 294 g/mol. The van der Waals surface area contributed by atoms with Gasteiger partial charge < -0.3 is 10.1 Å². The van der Waals surface area contributed by atoms with Crippen molar-refractivity contribution in [3.63, 3.8) is 0 Å². The minimum atomic E-state index is -0.259. The van der Waals surface area contributed by atoms with Gasteiger partial charge in [0.2, 0.25) is 5.91 Å². The molecule has 0 heterocycles. The summed E-state index contributed by atoms with van der Waals surface area (Å²) >= 11 is 1.56. The number of thioether (sulfide) groups is 1. The summed E-state index contributed by atoms with van der Waals surface area (Å²) in [6.45, 7) is 3.68. The summed E-state index contributed by atoms with van der Waals surface area (Å²) in [7, 11) is 0. The largest absolute Gasteiger partial charge is 0.380 e. The Morgan fingerprint density at radius 3 is 2.36 bits per heavy atom. The van der Waals surface area contributed by atoms with Gasteiger partial charge in [0, 0.05) is 18.0 Å². The summed E-state index contributed by atoms with van der Waals surface area (Å²) in [6.07, 6.45) is 0. The van der Waals surface area contributed by atoms with Crippen LogP contribution in [0.1, 0.15) is 17.7 Å². The van der Waals surface area contributed by atoms with E-state index >= 15 is 0 Å². The van der Waals surface area contributed by atoms with Crippen LogP contribution in [0.2, 0.25) is 0 Å². The molecule has 0 aliphatic carbocycles. The predicted molar refractivity (Wildman–Crippen MR) is 91.0 cm³/mol. The average molecular weight is 315 g/mol. The van der Waals surface area contributed by atoms with Crippen LogP contribution in [0.15, 0.2) is 65.6 Å². The molecule has 2 aromatic rings. The lowest BCUT2D eigenvalue weighted by molar-refractivity contribution is -0.120. The molecule has 0 radical (unpaired) electrons. The Balaban J connectivity index is 2.06. The maximum atomic E-state index is 12.5. The van der Waals surface area contributed by atoms with Gasteiger partial charge in [-0.25, -0.2) is 0 Å². The van der Waals surface area contributed by atoms with Gasteiger partial charge in [-0.3, -0.25) is 4.79 Å². The van der Waals surface area contributed by atoms with Gasteiger partial charge >= 0.3 is 0 Å². The molecule has 0 spiro atoms. The van der Waals surface area contributed by atoms with Crippen LogP contribution in [-0.2, 0) is 9.53 Å². The topological polar surface area (TPSA) is 38.3 Å². The average Bonchev–Trinajstić information content (AvgIpc) is 2.58. The maximum Gasteiger partial charge on any atom is 0.238 e. The summed E-state index contributed by atoms with van der Waals surface area (Å²) in [5.41, 5.74) is 1.00. The number of hydrogen-bond donors (Lipinski definition) is 1. The lowest BCUT2D eigenvalue weighted by atomic mass is 10.1. The van der Waals surface area contributed by atoms with E-state index in [4.69, 9.17) is 4.74 Å². The first kappa shape index (κ1) is 16.6. The summed E-state index contributed by atoms with van der Waals surface area (Å²) in [4.78, 5) is 13.6. The van der Waals surface area contributed by atoms with Crippen LogP contribution in [0.3, 0.4) is 0 Å². The van der Waals surface area contributed by atoms with Crippen molar-refractivity contribution in [1.29, 1.82) is 0 Å². The van der Waals surface area contributed by atoms with Gasteiger partial charge in [-0.05, 0) is 24.6 Å². The van der Waals surface area contributed by atoms with Crippen molar-refractivity contribution < 1.29 is 9.53 Å². The van der Waals surface area contributed by atoms with Crippen molar-refractivity contribution in [3.05, 3.63) is 66.2 Å². The summed E-state index contributed by atoms with van der Waals surface area (Å²) in [5.74, 6) is 0.0137. The highest BCUT2D eigenvalue weighted by Crippen LogP contribution is 2.35. The number of hydrogen-bond acceptors (Lipinski definition) is 3. The molecule has 1 amide bonds. The van der Waals surface area contributed by atoms with E-state index in [0.29, 0.717) is 19.8 Å². The summed E-state index contributed by atoms with van der Waals surface area (Å²) in [6, 6.07) is 19.8. The maximum absolute atomic E-state index is 12.5. The Morgan fingerprint density at radius 2 is 1.73 bits per heavy atom. The molecule has 0 saturated carbocycles. The zero-order valence-corrected chi connectivity index (χ0v) is 13.5. The first-order valence-corrected chi connectivity index (χ1v) is 8.31. The lowest BCUT2D eigenvalue weighted by Crippen LogP contribution is -2.31. The number of amides is 1. The van der Waals surface area contributed by atoms with Gasteiger partial charge in [-0.2, -0.15) is 0 Å². The Labute approximate surface area is 136 Å². The monoisotopic (exact) mass is 315 g/mol. The van der Waals surface area contributed by atoms with Crippen LogP contribution < -0.4 is 5.32 Å². The first-order valence-electron chi connectivity index (χ1n) is 7.43. The highest BCUT2D eigenvalue weighted by atomic mass is 32.2. The second-order valence-electron chi connectivity index (χ2n) is 4.71. The molecular formula is C18H21NO2S. The quantitative estimate of drug-likeness (QED) is 0.596. The van der Waals surface area contributed by atoms with Crippen LogP contribution in [0.25, 0.3) is 0 Å². The number of rotatable bonds is 8. The highest BCUT2D eigenvalue weighted by Gasteiger charge is 2.21. The van der Waals surface area contributed by atoms with Crippen LogP contribution in [0.5, 0.6) is 0 Å². The van der Waals surface area contributed by atoms with Gasteiger partial charge in [-0.15, -0.1) is 11.8 Å². The van der Waals surface area contributed by atoms with Crippen molar-refractivity contribution in [1.82, 2.24) is 5.32 Å². The Morgan fingerprint density at radius 1 is 1.09 bits per heavy atom. The third-order valence-electron chi connectivity index (χ3n) is 3.09. The van der Waals surface area contributed by atoms with Crippen LogP contribution in [-0.4, -0.2) is 25.7 Å². The zero-order chi connectivity index (χ0) is 15.6. The van der Waals surface area contributed by atoms with E-state index in [1.807, 2.05) is 67.6 Å². The van der Waals surface area contributed by atoms with E-state index in [2.05, 4.69) is 5.32 Å². The SMILES string of the molecule is CCOCCNC(=O)C(Sc1ccccc1)c1ccccc1. The Hall–Kier alpha value is -1.78. The summed E-state index contributed by atoms with van der Waals surface area (Å²) < 4.78 is 5.27. The van der Waals surface area contributed by atoms with Crippen LogP contribution >= 0.6 is 11.8 Å². The molecule has 3 nitrogen and oxygen atoms in total. The molecule has 116 valence electrons. The number of carbonyl (C=O) groups is 1. The van der Waals surface area contributed by atoms with Gasteiger partial charge in [0.05, 0.1) is 6.61 Å². The second kappa shape index (κ2) is 9.28. The molecule has 0 bridgehead atoms. The lowest BCUT2D eigenvalue weighted by Gasteiger charge is -2.17. The number of ether oxygens (including phenoxy) is 1. The van der Waals surface area contributed by atoms with E-state index in [9.17, 15) is 4.79 Å². The van der Waals surface area contributed by atoms with Gasteiger partial charge in [0.1, 0.15) is 5.25 Å². The highest BCUT2D eigenvalue weighted by molar-refractivity contribution is 8.00. The van der Waals surface area contributed by atoms with Gasteiger partial charge in [0.25, 0.3) is 0 Å². The molecule has 2 rings (SSSR count). The van der Waals surface area contributed by atoms with Crippen molar-refractivity contribution in [2.75, 3.05) is 19.8 Å². The molecule has 0 aromatic heterocycles. The minimum absolute atomic E-state index is 0.0137. The molecule has 1 atom stereocenters. The molecule has 0 aliphatic rings. The molecule has 22 heavy (non-hydrogen) atoms. The third-order valence-corrected chi connectivity index (χ3v) is 4.35. The van der Waals surface area contributed by atoms with Crippen molar-refractivity contribution >= 4 is 17.7 Å². The van der Waals surface area contributed by atoms with Crippen molar-refractivity contribution in [2.45, 2.75) is 17.1 Å². The van der Waals surface area contributed by atoms with E-state index in [1.54, 1.807) is 11.8 Å². The third kappa shape index (κ3) is 5.20. The van der Waals surface area contributed by atoms with E-state index in [1.165, 1.54) is 0 Å². The van der Waals surface area contributed by atoms with Crippen LogP contribution in [0, 0.1) is 0 Å². The second-order valence-corrected chi connectivity index (χ2v) is 5.89. The molecule has 0 saturated heterocycles. The standard InChI is InChI=1S/C18H21NO2S/c1-2-21-14-13-19-18(20)17(15-9-5-3-6-10-15)22-16-11-7-4-8-12-16/h3-12,17H,2,13-14H2,1H3,(H,19,20). The predicted octanol–water partition coefficient (Wildman–Crippen LogP) is 3.67. The minimum Gasteiger partial charge on any atom is -0.380 e. The fraction of sp³-hybridized carbons (Fsp3) is 0.278. The van der Waals surface area contributed by atoms with Gasteiger partial charge in [0.15, 0.2) is 0 Å². The van der Waals surface area contributed by atoms with Crippen molar-refractivity contribution in [2.24, 2.45) is 0 Å². The van der Waals surface area contributed by atoms with Crippen LogP contribution in [0.4, 0.5) is 0 Å².